The number of thiocarbonyl (C=S) groups is 1. The summed E-state index contributed by atoms with van der Waals surface area (Å²) in [6.07, 6.45) is -1.14. The van der Waals surface area contributed by atoms with Crippen LogP contribution in [0.5, 0.6) is 0 Å². The minimum absolute atomic E-state index is 0.103. The molecule has 1 N–H and O–H groups in total. The van der Waals surface area contributed by atoms with Gasteiger partial charge in [0.05, 0.1) is 18.8 Å². The first-order chi connectivity index (χ1) is 16.7. The summed E-state index contributed by atoms with van der Waals surface area (Å²) in [5.74, 6) is -1.41. The molecule has 0 radical (unpaired) electrons. The largest absolute Gasteiger partial charge is 0.442 e. The number of carbonyl (C=O) groups excluding carboxylic acids is 4. The highest BCUT2D eigenvalue weighted by Crippen LogP contribution is 2.29. The second-order valence-electron chi connectivity index (χ2n) is 8.11. The van der Waals surface area contributed by atoms with E-state index in [0.29, 0.717) is 28.9 Å². The summed E-state index contributed by atoms with van der Waals surface area (Å²) in [4.78, 5) is 52.0. The highest BCUT2D eigenvalue weighted by molar-refractivity contribution is 7.80. The number of nitrogens with one attached hydrogen (secondary N) is 1. The maximum absolute atomic E-state index is 15.0. The number of ether oxygens (including phenoxy) is 1. The number of anilines is 1. The van der Waals surface area contributed by atoms with Gasteiger partial charge in [0.25, 0.3) is 5.91 Å². The smallest absolute Gasteiger partial charge is 0.414 e. The van der Waals surface area contributed by atoms with Gasteiger partial charge in [-0.2, -0.15) is 0 Å². The maximum Gasteiger partial charge on any atom is 0.414 e. The van der Waals surface area contributed by atoms with Crippen LogP contribution in [0.2, 0.25) is 0 Å². The van der Waals surface area contributed by atoms with Gasteiger partial charge in [-0.25, -0.2) is 9.18 Å². The standard InChI is InChI=1S/C24H23FN4O5S/c1-3-27-21(31)13-29(23(27)35)22(32)16-6-4-15(5-7-16)19-9-8-17(10-20(19)25)28-12-18(34-24(28)33)11-26-14(2)30/h4-10,18H,3,11-13H2,1-2H3,(H,26,30)/t18-/m0/s1. The molecule has 35 heavy (non-hydrogen) atoms. The van der Waals surface area contributed by atoms with E-state index in [1.165, 1.54) is 27.7 Å². The minimum atomic E-state index is -0.615. The molecule has 0 saturated carbocycles. The van der Waals surface area contributed by atoms with Gasteiger partial charge in [0.15, 0.2) is 5.11 Å². The number of cyclic esters (lactones) is 1. The molecule has 0 aromatic heterocycles. The number of halogens is 1. The lowest BCUT2D eigenvalue weighted by atomic mass is 10.0. The minimum Gasteiger partial charge on any atom is -0.442 e. The number of carbonyl (C=O) groups is 4. The van der Waals surface area contributed by atoms with Crippen LogP contribution in [0.3, 0.4) is 0 Å². The van der Waals surface area contributed by atoms with Gasteiger partial charge in [-0.1, -0.05) is 12.1 Å². The molecular weight excluding hydrogens is 475 g/mol. The van der Waals surface area contributed by atoms with E-state index in [4.69, 9.17) is 17.0 Å². The predicted molar refractivity (Wildman–Crippen MR) is 129 cm³/mol. The van der Waals surface area contributed by atoms with Crippen LogP contribution in [0.25, 0.3) is 11.1 Å². The van der Waals surface area contributed by atoms with Gasteiger partial charge in [0.1, 0.15) is 18.5 Å². The van der Waals surface area contributed by atoms with Crippen LogP contribution < -0.4 is 10.2 Å². The van der Waals surface area contributed by atoms with Gasteiger partial charge >= 0.3 is 6.09 Å². The van der Waals surface area contributed by atoms with Crippen molar-refractivity contribution in [2.45, 2.75) is 20.0 Å². The van der Waals surface area contributed by atoms with Crippen LogP contribution in [0.1, 0.15) is 24.2 Å². The first kappa shape index (κ1) is 24.3. The quantitative estimate of drug-likeness (QED) is 0.615. The van der Waals surface area contributed by atoms with Crippen LogP contribution in [-0.2, 0) is 14.3 Å². The molecule has 0 bridgehead atoms. The molecule has 182 valence electrons. The van der Waals surface area contributed by atoms with Crippen LogP contribution >= 0.6 is 12.2 Å². The van der Waals surface area contributed by atoms with Crippen molar-refractivity contribution in [1.82, 2.24) is 15.1 Å². The Morgan fingerprint density at radius 1 is 1.17 bits per heavy atom. The van der Waals surface area contributed by atoms with Crippen molar-refractivity contribution in [2.24, 2.45) is 0 Å². The average Bonchev–Trinajstić information content (AvgIpc) is 3.35. The van der Waals surface area contributed by atoms with E-state index in [1.807, 2.05) is 0 Å². The molecule has 9 nitrogen and oxygen atoms in total. The van der Waals surface area contributed by atoms with Crippen LogP contribution in [0, 0.1) is 5.82 Å². The van der Waals surface area contributed by atoms with E-state index in [1.54, 1.807) is 43.3 Å². The number of hydrogen-bond donors (Lipinski definition) is 1. The van der Waals surface area contributed by atoms with E-state index in [0.717, 1.165) is 0 Å². The van der Waals surface area contributed by atoms with Gasteiger partial charge in [-0.3, -0.25) is 29.1 Å². The summed E-state index contributed by atoms with van der Waals surface area (Å²) < 4.78 is 20.2. The number of benzene rings is 2. The lowest BCUT2D eigenvalue weighted by molar-refractivity contribution is -0.124. The van der Waals surface area contributed by atoms with Crippen molar-refractivity contribution in [3.8, 4) is 11.1 Å². The molecule has 2 fully saturated rings. The zero-order chi connectivity index (χ0) is 25.3. The first-order valence-corrected chi connectivity index (χ1v) is 11.4. The molecule has 2 saturated heterocycles. The van der Waals surface area contributed by atoms with E-state index in [-0.39, 0.29) is 36.6 Å². The second kappa shape index (κ2) is 9.79. The molecule has 0 aliphatic carbocycles. The molecule has 1 atom stereocenters. The van der Waals surface area contributed by atoms with Gasteiger partial charge < -0.3 is 10.1 Å². The Morgan fingerprint density at radius 2 is 1.89 bits per heavy atom. The SMILES string of the molecule is CCN1C(=O)CN(C(=O)c2ccc(-c3ccc(N4C[C@H](CNC(C)=O)OC4=O)cc3F)cc2)C1=S. The lowest BCUT2D eigenvalue weighted by Crippen LogP contribution is -2.36. The monoisotopic (exact) mass is 498 g/mol. The van der Waals surface area contributed by atoms with Crippen LogP contribution in [-0.4, -0.2) is 71.0 Å². The third-order valence-corrected chi connectivity index (χ3v) is 6.22. The van der Waals surface area contributed by atoms with Crippen molar-refractivity contribution in [2.75, 3.05) is 31.1 Å². The van der Waals surface area contributed by atoms with Gasteiger partial charge in [0.2, 0.25) is 11.8 Å². The van der Waals surface area contributed by atoms with E-state index >= 15 is 0 Å². The Kier molecular flexibility index (Phi) is 6.79. The fourth-order valence-corrected chi connectivity index (χ4v) is 4.34. The third kappa shape index (κ3) is 4.85. The van der Waals surface area contributed by atoms with E-state index < -0.39 is 23.9 Å². The summed E-state index contributed by atoms with van der Waals surface area (Å²) in [5, 5.41) is 2.77. The molecule has 4 amide bonds. The molecule has 2 aliphatic rings. The number of hydrogen-bond acceptors (Lipinski definition) is 6. The summed E-state index contributed by atoms with van der Waals surface area (Å²) in [7, 11) is 0. The number of likely N-dealkylation sites (N-methyl/N-ethyl adjacent to an activating group) is 1. The maximum atomic E-state index is 15.0. The summed E-state index contributed by atoms with van der Waals surface area (Å²) in [6.45, 7) is 3.80. The molecule has 2 heterocycles. The molecule has 2 aliphatic heterocycles. The second-order valence-corrected chi connectivity index (χ2v) is 8.47. The molecule has 2 aromatic rings. The topological polar surface area (TPSA) is 99.3 Å². The molecule has 11 heteroatoms. The predicted octanol–water partition coefficient (Wildman–Crippen LogP) is 2.54. The normalized spacial score (nSPS) is 17.7. The Morgan fingerprint density at radius 3 is 2.49 bits per heavy atom. The van der Waals surface area contributed by atoms with Crippen molar-refractivity contribution in [1.29, 1.82) is 0 Å². The molecule has 4 rings (SSSR count). The van der Waals surface area contributed by atoms with E-state index in [2.05, 4.69) is 5.32 Å². The summed E-state index contributed by atoms with van der Waals surface area (Å²) in [5.41, 5.74) is 1.48. The van der Waals surface area contributed by atoms with Gasteiger partial charge in [-0.15, -0.1) is 0 Å². The fourth-order valence-electron chi connectivity index (χ4n) is 3.96. The van der Waals surface area contributed by atoms with Crippen molar-refractivity contribution >= 4 is 46.8 Å². The molecule has 2 aromatic carbocycles. The number of rotatable bonds is 6. The number of amides is 4. The Labute approximate surface area is 206 Å². The van der Waals surface area contributed by atoms with Gasteiger partial charge in [0, 0.05) is 24.6 Å². The molecular formula is C24H23FN4O5S. The van der Waals surface area contributed by atoms with E-state index in [9.17, 15) is 23.6 Å². The highest BCUT2D eigenvalue weighted by atomic mass is 32.1. The molecule has 0 spiro atoms. The van der Waals surface area contributed by atoms with Crippen LogP contribution in [0.15, 0.2) is 42.5 Å². The van der Waals surface area contributed by atoms with Gasteiger partial charge in [-0.05, 0) is 55.0 Å². The average molecular weight is 499 g/mol. The van der Waals surface area contributed by atoms with Crippen molar-refractivity contribution < 1.29 is 28.3 Å². The molecule has 0 unspecified atom stereocenters. The summed E-state index contributed by atoms with van der Waals surface area (Å²) >= 11 is 5.24. The van der Waals surface area contributed by atoms with Crippen molar-refractivity contribution in [3.63, 3.8) is 0 Å². The summed E-state index contributed by atoms with van der Waals surface area (Å²) in [6, 6.07) is 10.7. The Balaban J connectivity index is 1.47. The fraction of sp³-hybridized carbons (Fsp3) is 0.292. The third-order valence-electron chi connectivity index (χ3n) is 5.78. The lowest BCUT2D eigenvalue weighted by Gasteiger charge is -2.18. The highest BCUT2D eigenvalue weighted by Gasteiger charge is 2.36. The van der Waals surface area contributed by atoms with Crippen molar-refractivity contribution in [3.05, 3.63) is 53.8 Å². The Hall–Kier alpha value is -3.86. The number of nitrogens with zero attached hydrogens (tertiary/aromatic N) is 3. The zero-order valence-corrected chi connectivity index (χ0v) is 19.9. The Bertz CT molecular complexity index is 1220. The van der Waals surface area contributed by atoms with Crippen LogP contribution in [0.4, 0.5) is 14.9 Å². The first-order valence-electron chi connectivity index (χ1n) is 11.0. The zero-order valence-electron chi connectivity index (χ0n) is 19.1.